The Kier molecular flexibility index (Phi) is 8.26. The van der Waals surface area contributed by atoms with Crippen LogP contribution in [0, 0.1) is 13.8 Å². The molecule has 2 aromatic carbocycles. The summed E-state index contributed by atoms with van der Waals surface area (Å²) in [5.74, 6) is 1.49. The molecule has 41 heavy (non-hydrogen) atoms. The molecule has 1 N–H and O–H groups in total. The number of amides is 1. The summed E-state index contributed by atoms with van der Waals surface area (Å²) in [5.41, 5.74) is 4.34. The summed E-state index contributed by atoms with van der Waals surface area (Å²) in [7, 11) is 4.80. The molecule has 1 aliphatic heterocycles. The van der Waals surface area contributed by atoms with Crippen LogP contribution >= 0.6 is 0 Å². The van der Waals surface area contributed by atoms with Crippen LogP contribution in [0.25, 0.3) is 22.2 Å². The van der Waals surface area contributed by atoms with Gasteiger partial charge in [-0.2, -0.15) is 0 Å². The summed E-state index contributed by atoms with van der Waals surface area (Å²) >= 11 is 0. The molecular weight excluding hydrogens is 522 g/mol. The number of aromatic nitrogens is 2. The van der Waals surface area contributed by atoms with E-state index in [-0.39, 0.29) is 24.1 Å². The standard InChI is InChI=1S/C32H35N3O6/c1-19-12-26(31(36)33-20(19)2)32(37)35(18-25-10-7-11-41-25)17-23-13-22-15-28(39-4)29(40-5)16-27(22)34-30(23)21-8-6-9-24(14-21)38-3/h6,8-9,12-16,25H,7,10-11,17-18H2,1-5H3,(H,33,36). The molecule has 1 atom stereocenters. The quantitative estimate of drug-likeness (QED) is 0.307. The van der Waals surface area contributed by atoms with Gasteiger partial charge in [-0.25, -0.2) is 4.98 Å². The predicted molar refractivity (Wildman–Crippen MR) is 157 cm³/mol. The molecule has 4 aromatic rings. The third-order valence-electron chi connectivity index (χ3n) is 7.57. The van der Waals surface area contributed by atoms with E-state index in [4.69, 9.17) is 23.9 Å². The Balaban J connectivity index is 1.65. The highest BCUT2D eigenvalue weighted by atomic mass is 16.5. The van der Waals surface area contributed by atoms with E-state index in [1.807, 2.05) is 56.3 Å². The van der Waals surface area contributed by atoms with E-state index in [1.54, 1.807) is 32.3 Å². The minimum Gasteiger partial charge on any atom is -0.497 e. The third kappa shape index (κ3) is 5.90. The van der Waals surface area contributed by atoms with E-state index in [9.17, 15) is 9.59 Å². The van der Waals surface area contributed by atoms with Crippen LogP contribution in [0.1, 0.15) is 40.0 Å². The van der Waals surface area contributed by atoms with Gasteiger partial charge >= 0.3 is 0 Å². The molecule has 1 fully saturated rings. The number of benzene rings is 2. The average Bonchev–Trinajstić information content (AvgIpc) is 3.50. The Morgan fingerprint density at radius 1 is 1.05 bits per heavy atom. The molecule has 1 unspecified atom stereocenters. The van der Waals surface area contributed by atoms with Crippen LogP contribution in [0.4, 0.5) is 0 Å². The van der Waals surface area contributed by atoms with Gasteiger partial charge in [0.2, 0.25) is 0 Å². The molecule has 0 saturated carbocycles. The van der Waals surface area contributed by atoms with Crippen molar-refractivity contribution >= 4 is 16.8 Å². The summed E-state index contributed by atoms with van der Waals surface area (Å²) in [6.07, 6.45) is 1.68. The van der Waals surface area contributed by atoms with Crippen molar-refractivity contribution in [1.82, 2.24) is 14.9 Å². The van der Waals surface area contributed by atoms with E-state index in [2.05, 4.69) is 4.98 Å². The zero-order valence-corrected chi connectivity index (χ0v) is 24.1. The number of carbonyl (C=O) groups excluding carboxylic acids is 1. The van der Waals surface area contributed by atoms with Gasteiger partial charge in [0.15, 0.2) is 11.5 Å². The third-order valence-corrected chi connectivity index (χ3v) is 7.57. The molecule has 9 heteroatoms. The summed E-state index contributed by atoms with van der Waals surface area (Å²) in [6, 6.07) is 15.0. The van der Waals surface area contributed by atoms with Gasteiger partial charge in [-0.3, -0.25) is 9.59 Å². The number of pyridine rings is 2. The minimum atomic E-state index is -0.406. The fourth-order valence-corrected chi connectivity index (χ4v) is 5.20. The van der Waals surface area contributed by atoms with Gasteiger partial charge in [0.1, 0.15) is 11.3 Å². The van der Waals surface area contributed by atoms with Crippen molar-refractivity contribution in [1.29, 1.82) is 0 Å². The van der Waals surface area contributed by atoms with Crippen LogP contribution in [0.2, 0.25) is 0 Å². The molecule has 0 aliphatic carbocycles. The Labute approximate surface area is 239 Å². The highest BCUT2D eigenvalue weighted by Crippen LogP contribution is 2.35. The molecule has 0 bridgehead atoms. The number of ether oxygens (including phenoxy) is 4. The normalized spacial score (nSPS) is 14.7. The molecule has 3 heterocycles. The molecule has 0 spiro atoms. The number of hydrogen-bond donors (Lipinski definition) is 1. The topological polar surface area (TPSA) is 103 Å². The molecule has 214 valence electrons. The zero-order valence-electron chi connectivity index (χ0n) is 24.1. The van der Waals surface area contributed by atoms with Gasteiger partial charge in [-0.15, -0.1) is 0 Å². The fraction of sp³-hybridized carbons (Fsp3) is 0.344. The lowest BCUT2D eigenvalue weighted by Gasteiger charge is -2.27. The van der Waals surface area contributed by atoms with Crippen LogP contribution < -0.4 is 19.8 Å². The van der Waals surface area contributed by atoms with Crippen LogP contribution in [0.5, 0.6) is 17.2 Å². The summed E-state index contributed by atoms with van der Waals surface area (Å²) in [4.78, 5) is 36.4. The van der Waals surface area contributed by atoms with Crippen molar-refractivity contribution in [2.24, 2.45) is 0 Å². The average molecular weight is 558 g/mol. The first-order chi connectivity index (χ1) is 19.8. The first-order valence-corrected chi connectivity index (χ1v) is 13.6. The Bertz CT molecular complexity index is 1640. The molecule has 1 aliphatic rings. The lowest BCUT2D eigenvalue weighted by molar-refractivity contribution is 0.0506. The number of rotatable bonds is 9. The van der Waals surface area contributed by atoms with Crippen LogP contribution in [-0.4, -0.2) is 61.4 Å². The number of nitrogens with zero attached hydrogens (tertiary/aromatic N) is 2. The minimum absolute atomic E-state index is 0.106. The first kappa shape index (κ1) is 28.2. The number of carbonyl (C=O) groups is 1. The van der Waals surface area contributed by atoms with Crippen molar-refractivity contribution in [2.45, 2.75) is 39.3 Å². The van der Waals surface area contributed by atoms with Crippen LogP contribution in [0.3, 0.4) is 0 Å². The smallest absolute Gasteiger partial charge is 0.261 e. The van der Waals surface area contributed by atoms with E-state index in [0.717, 1.165) is 40.6 Å². The largest absolute Gasteiger partial charge is 0.497 e. The molecule has 2 aromatic heterocycles. The van der Waals surface area contributed by atoms with Crippen molar-refractivity contribution in [3.8, 4) is 28.5 Å². The summed E-state index contributed by atoms with van der Waals surface area (Å²) in [6.45, 7) is 4.93. The maximum absolute atomic E-state index is 14.0. The van der Waals surface area contributed by atoms with Gasteiger partial charge < -0.3 is 28.8 Å². The van der Waals surface area contributed by atoms with Gasteiger partial charge in [0.25, 0.3) is 11.5 Å². The Morgan fingerprint density at radius 2 is 1.83 bits per heavy atom. The second-order valence-corrected chi connectivity index (χ2v) is 10.3. The van der Waals surface area contributed by atoms with Gasteiger partial charge in [0.05, 0.1) is 38.6 Å². The van der Waals surface area contributed by atoms with E-state index in [1.165, 1.54) is 0 Å². The number of nitrogens with one attached hydrogen (secondary N) is 1. The van der Waals surface area contributed by atoms with E-state index >= 15 is 0 Å². The molecule has 1 amide bonds. The van der Waals surface area contributed by atoms with Crippen LogP contribution in [0.15, 0.2) is 53.3 Å². The molecule has 5 rings (SSSR count). The highest BCUT2D eigenvalue weighted by molar-refractivity contribution is 5.94. The van der Waals surface area contributed by atoms with E-state index in [0.29, 0.717) is 41.6 Å². The second kappa shape index (κ2) is 12.0. The zero-order chi connectivity index (χ0) is 29.1. The SMILES string of the molecule is COc1cccc(-c2nc3cc(OC)c(OC)cc3cc2CN(CC2CCCO2)C(=O)c2cc(C)c(C)[nH]c2=O)c1. The number of hydrogen-bond acceptors (Lipinski definition) is 7. The van der Waals surface area contributed by atoms with Gasteiger partial charge in [-0.1, -0.05) is 12.1 Å². The number of H-pyrrole nitrogens is 1. The maximum Gasteiger partial charge on any atom is 0.261 e. The Hall–Kier alpha value is -4.37. The molecule has 1 saturated heterocycles. The molecular formula is C32H35N3O6. The van der Waals surface area contributed by atoms with E-state index < -0.39 is 5.56 Å². The predicted octanol–water partition coefficient (Wildman–Crippen LogP) is 5.05. The van der Waals surface area contributed by atoms with Crippen molar-refractivity contribution in [3.05, 3.63) is 81.3 Å². The number of aromatic amines is 1. The molecule has 9 nitrogen and oxygen atoms in total. The lowest BCUT2D eigenvalue weighted by Crippen LogP contribution is -2.39. The fourth-order valence-electron chi connectivity index (χ4n) is 5.20. The second-order valence-electron chi connectivity index (χ2n) is 10.3. The summed E-state index contributed by atoms with van der Waals surface area (Å²) in [5, 5.41) is 0.831. The number of methoxy groups -OCH3 is 3. The van der Waals surface area contributed by atoms with Crippen molar-refractivity contribution in [3.63, 3.8) is 0 Å². The lowest BCUT2D eigenvalue weighted by atomic mass is 10.0. The van der Waals surface area contributed by atoms with Crippen molar-refractivity contribution in [2.75, 3.05) is 34.5 Å². The van der Waals surface area contributed by atoms with Crippen molar-refractivity contribution < 1.29 is 23.7 Å². The maximum atomic E-state index is 14.0. The van der Waals surface area contributed by atoms with Crippen LogP contribution in [-0.2, 0) is 11.3 Å². The Morgan fingerprint density at radius 3 is 2.54 bits per heavy atom. The number of aryl methyl sites for hydroxylation is 2. The molecule has 0 radical (unpaired) electrons. The highest BCUT2D eigenvalue weighted by Gasteiger charge is 2.27. The van der Waals surface area contributed by atoms with Gasteiger partial charge in [-0.05, 0) is 68.1 Å². The monoisotopic (exact) mass is 557 g/mol. The number of fused-ring (bicyclic) bond motifs is 1. The first-order valence-electron chi connectivity index (χ1n) is 13.6. The summed E-state index contributed by atoms with van der Waals surface area (Å²) < 4.78 is 22.5. The van der Waals surface area contributed by atoms with Gasteiger partial charge in [0, 0.05) is 42.4 Å².